The molecule has 124 valence electrons. The van der Waals surface area contributed by atoms with Crippen molar-refractivity contribution in [3.05, 3.63) is 42.0 Å². The first-order valence-electron chi connectivity index (χ1n) is 8.37. The van der Waals surface area contributed by atoms with Gasteiger partial charge in [0, 0.05) is 49.7 Å². The Morgan fingerprint density at radius 2 is 2.35 bits per heavy atom. The minimum Gasteiger partial charge on any atom is -0.487 e. The Labute approximate surface area is 137 Å². The van der Waals surface area contributed by atoms with Gasteiger partial charge in [-0.05, 0) is 25.5 Å². The van der Waals surface area contributed by atoms with E-state index < -0.39 is 0 Å². The van der Waals surface area contributed by atoms with Gasteiger partial charge in [-0.25, -0.2) is 0 Å². The smallest absolute Gasteiger partial charge is 0.142 e. The maximum absolute atomic E-state index is 6.06. The van der Waals surface area contributed by atoms with E-state index in [0.29, 0.717) is 0 Å². The second kappa shape index (κ2) is 8.08. The maximum atomic E-state index is 6.06. The van der Waals surface area contributed by atoms with Gasteiger partial charge in [0.15, 0.2) is 0 Å². The van der Waals surface area contributed by atoms with Crippen LogP contribution in [0.25, 0.3) is 0 Å². The summed E-state index contributed by atoms with van der Waals surface area (Å²) < 4.78 is 8.05. The van der Waals surface area contributed by atoms with E-state index in [4.69, 9.17) is 4.74 Å². The number of pyridine rings is 1. The van der Waals surface area contributed by atoms with Crippen LogP contribution in [0.4, 0.5) is 0 Å². The van der Waals surface area contributed by atoms with Crippen molar-refractivity contribution in [1.82, 2.24) is 25.4 Å². The molecule has 1 aliphatic heterocycles. The fourth-order valence-electron chi connectivity index (χ4n) is 2.76. The summed E-state index contributed by atoms with van der Waals surface area (Å²) in [6.45, 7) is 6.63. The summed E-state index contributed by atoms with van der Waals surface area (Å²) in [7, 11) is 0. The van der Waals surface area contributed by atoms with E-state index in [0.717, 1.165) is 56.9 Å². The highest BCUT2D eigenvalue weighted by Gasteiger charge is 2.17. The van der Waals surface area contributed by atoms with Crippen LogP contribution in [-0.2, 0) is 19.6 Å². The van der Waals surface area contributed by atoms with Crippen molar-refractivity contribution in [2.75, 3.05) is 13.1 Å². The molecule has 3 rings (SSSR count). The van der Waals surface area contributed by atoms with Crippen molar-refractivity contribution in [3.8, 4) is 5.75 Å². The minimum absolute atomic E-state index is 0.255. The summed E-state index contributed by atoms with van der Waals surface area (Å²) in [6, 6.07) is 2.02. The monoisotopic (exact) mass is 315 g/mol. The lowest BCUT2D eigenvalue weighted by Crippen LogP contribution is -2.21. The van der Waals surface area contributed by atoms with Crippen molar-refractivity contribution >= 4 is 0 Å². The van der Waals surface area contributed by atoms with Gasteiger partial charge in [-0.15, -0.1) is 0 Å². The molecule has 0 aliphatic carbocycles. The van der Waals surface area contributed by atoms with Crippen LogP contribution in [0.3, 0.4) is 0 Å². The van der Waals surface area contributed by atoms with Crippen LogP contribution < -0.4 is 15.4 Å². The molecule has 0 saturated carbocycles. The highest BCUT2D eigenvalue weighted by Crippen LogP contribution is 2.19. The van der Waals surface area contributed by atoms with Gasteiger partial charge >= 0.3 is 0 Å². The molecule has 0 radical (unpaired) electrons. The molecule has 6 heteroatoms. The van der Waals surface area contributed by atoms with Crippen LogP contribution in [0.1, 0.15) is 30.9 Å². The van der Waals surface area contributed by atoms with Crippen LogP contribution in [0.5, 0.6) is 5.75 Å². The molecular formula is C17H25N5O. The molecule has 1 saturated heterocycles. The molecule has 2 N–H and O–H groups in total. The molecule has 6 nitrogen and oxygen atoms in total. The summed E-state index contributed by atoms with van der Waals surface area (Å²) >= 11 is 0. The van der Waals surface area contributed by atoms with E-state index >= 15 is 0 Å². The van der Waals surface area contributed by atoms with Crippen molar-refractivity contribution in [1.29, 1.82) is 0 Å². The molecule has 0 amide bonds. The lowest BCUT2D eigenvalue weighted by atomic mass is 10.2. The normalized spacial score (nSPS) is 17.5. The van der Waals surface area contributed by atoms with Gasteiger partial charge in [0.05, 0.1) is 12.4 Å². The molecule has 0 aromatic carbocycles. The summed E-state index contributed by atoms with van der Waals surface area (Å²) in [6.07, 6.45) is 10.1. The third-order valence-electron chi connectivity index (χ3n) is 3.96. The fourth-order valence-corrected chi connectivity index (χ4v) is 2.76. The van der Waals surface area contributed by atoms with Crippen LogP contribution >= 0.6 is 0 Å². The van der Waals surface area contributed by atoms with Gasteiger partial charge in [-0.3, -0.25) is 9.67 Å². The van der Waals surface area contributed by atoms with Gasteiger partial charge in [0.1, 0.15) is 11.9 Å². The summed E-state index contributed by atoms with van der Waals surface area (Å²) in [5, 5.41) is 11.1. The summed E-state index contributed by atoms with van der Waals surface area (Å²) in [4.78, 5) is 4.19. The number of aromatic nitrogens is 3. The van der Waals surface area contributed by atoms with Crippen molar-refractivity contribution in [2.45, 2.75) is 45.5 Å². The second-order valence-electron chi connectivity index (χ2n) is 5.93. The van der Waals surface area contributed by atoms with Crippen LogP contribution in [0.15, 0.2) is 30.9 Å². The zero-order valence-corrected chi connectivity index (χ0v) is 13.7. The van der Waals surface area contributed by atoms with Gasteiger partial charge in [0.2, 0.25) is 0 Å². The Kier molecular flexibility index (Phi) is 5.60. The van der Waals surface area contributed by atoms with Crippen LogP contribution in [-0.4, -0.2) is 34.0 Å². The molecule has 2 aromatic rings. The Hall–Kier alpha value is -1.92. The van der Waals surface area contributed by atoms with Crippen molar-refractivity contribution in [3.63, 3.8) is 0 Å². The highest BCUT2D eigenvalue weighted by molar-refractivity contribution is 5.30. The highest BCUT2D eigenvalue weighted by atomic mass is 16.5. The first-order chi connectivity index (χ1) is 11.3. The average molecular weight is 315 g/mol. The van der Waals surface area contributed by atoms with E-state index in [1.807, 2.05) is 29.3 Å². The Morgan fingerprint density at radius 3 is 3.17 bits per heavy atom. The minimum atomic E-state index is 0.255. The lowest BCUT2D eigenvalue weighted by molar-refractivity contribution is 0.219. The largest absolute Gasteiger partial charge is 0.487 e. The van der Waals surface area contributed by atoms with Gasteiger partial charge in [0.25, 0.3) is 0 Å². The molecule has 1 fully saturated rings. The van der Waals surface area contributed by atoms with Crippen LogP contribution in [0.2, 0.25) is 0 Å². The zero-order valence-electron chi connectivity index (χ0n) is 13.7. The number of nitrogens with one attached hydrogen (secondary N) is 2. The van der Waals surface area contributed by atoms with Crippen molar-refractivity contribution < 1.29 is 4.74 Å². The van der Waals surface area contributed by atoms with Gasteiger partial charge in [-0.2, -0.15) is 5.10 Å². The predicted octanol–water partition coefficient (Wildman–Crippen LogP) is 1.72. The third-order valence-corrected chi connectivity index (χ3v) is 3.96. The third kappa shape index (κ3) is 4.53. The van der Waals surface area contributed by atoms with E-state index in [1.165, 1.54) is 5.56 Å². The quantitative estimate of drug-likeness (QED) is 0.776. The van der Waals surface area contributed by atoms with E-state index in [2.05, 4.69) is 33.8 Å². The Morgan fingerprint density at radius 1 is 1.39 bits per heavy atom. The molecule has 0 spiro atoms. The van der Waals surface area contributed by atoms with Crippen molar-refractivity contribution in [2.24, 2.45) is 0 Å². The number of nitrogens with zero attached hydrogens (tertiary/aromatic N) is 3. The number of hydrogen-bond acceptors (Lipinski definition) is 5. The maximum Gasteiger partial charge on any atom is 0.142 e. The molecule has 0 bridgehead atoms. The second-order valence-corrected chi connectivity index (χ2v) is 5.93. The standard InChI is InChI=1S/C17H25N5O/c1-2-7-22-13-14(9-21-22)8-20-10-15-3-5-19-12-17(15)23-16-4-6-18-11-16/h3,5,9,12-13,16,18,20H,2,4,6-8,10-11H2,1H3/t16-/m0/s1. The first kappa shape index (κ1) is 16.0. The van der Waals surface area contributed by atoms with Gasteiger partial charge < -0.3 is 15.4 Å². The number of hydrogen-bond donors (Lipinski definition) is 2. The molecule has 23 heavy (non-hydrogen) atoms. The lowest BCUT2D eigenvalue weighted by Gasteiger charge is -2.15. The number of rotatable bonds is 8. The number of aryl methyl sites for hydroxylation is 1. The first-order valence-corrected chi connectivity index (χ1v) is 8.37. The molecular weight excluding hydrogens is 290 g/mol. The molecule has 1 atom stereocenters. The Balaban J connectivity index is 1.52. The molecule has 3 heterocycles. The van der Waals surface area contributed by atoms with Gasteiger partial charge in [-0.1, -0.05) is 6.92 Å². The fraction of sp³-hybridized carbons (Fsp3) is 0.529. The SMILES string of the molecule is CCCn1cc(CNCc2ccncc2O[C@H]2CCNC2)cn1. The van der Waals surface area contributed by atoms with Crippen LogP contribution in [0, 0.1) is 0 Å². The summed E-state index contributed by atoms with van der Waals surface area (Å²) in [5.41, 5.74) is 2.35. The molecule has 0 unspecified atom stereocenters. The van der Waals surface area contributed by atoms with E-state index in [9.17, 15) is 0 Å². The molecule has 2 aromatic heterocycles. The topological polar surface area (TPSA) is 64.0 Å². The Bertz CT molecular complexity index is 607. The average Bonchev–Trinajstić information content (AvgIpc) is 3.22. The van der Waals surface area contributed by atoms with E-state index in [-0.39, 0.29) is 6.10 Å². The van der Waals surface area contributed by atoms with E-state index in [1.54, 1.807) is 0 Å². The summed E-state index contributed by atoms with van der Waals surface area (Å²) in [5.74, 6) is 0.885. The molecule has 1 aliphatic rings. The number of ether oxygens (including phenoxy) is 1. The predicted molar refractivity (Wildman–Crippen MR) is 89.2 cm³/mol. The zero-order chi connectivity index (χ0) is 15.9.